The Kier molecular flexibility index (Phi) is 3.85. The Hall–Kier alpha value is -2.30. The van der Waals surface area contributed by atoms with Crippen molar-refractivity contribution in [1.29, 1.82) is 0 Å². The van der Waals surface area contributed by atoms with Gasteiger partial charge in [-0.1, -0.05) is 13.0 Å². The van der Waals surface area contributed by atoms with Crippen LogP contribution in [0.4, 0.5) is 17.3 Å². The first-order valence-corrected chi connectivity index (χ1v) is 6.16. The highest BCUT2D eigenvalue weighted by atomic mass is 16.5. The van der Waals surface area contributed by atoms with Crippen LogP contribution in [0.2, 0.25) is 0 Å². The number of hydrogen-bond acceptors (Lipinski definition) is 5. The lowest BCUT2D eigenvalue weighted by Crippen LogP contribution is -2.05. The van der Waals surface area contributed by atoms with Crippen molar-refractivity contribution in [1.82, 2.24) is 9.97 Å². The van der Waals surface area contributed by atoms with Crippen molar-refractivity contribution in [2.75, 3.05) is 18.2 Å². The number of nitrogens with zero attached hydrogens (tertiary/aromatic N) is 2. The largest absolute Gasteiger partial charge is 0.495 e. The van der Waals surface area contributed by atoms with Gasteiger partial charge < -0.3 is 15.8 Å². The van der Waals surface area contributed by atoms with Gasteiger partial charge in [0.2, 0.25) is 0 Å². The van der Waals surface area contributed by atoms with Gasteiger partial charge in [0.25, 0.3) is 0 Å². The molecule has 0 atom stereocenters. The predicted octanol–water partition coefficient (Wildman–Crippen LogP) is 2.68. The molecule has 3 N–H and O–H groups in total. The van der Waals surface area contributed by atoms with Crippen LogP contribution in [0, 0.1) is 6.92 Å². The quantitative estimate of drug-likeness (QED) is 0.882. The number of nitrogens with two attached hydrogens (primary N) is 1. The molecule has 0 saturated heterocycles. The molecule has 5 nitrogen and oxygen atoms in total. The molecule has 1 heterocycles. The lowest BCUT2D eigenvalue weighted by atomic mass is 10.2. The molecule has 0 saturated carbocycles. The van der Waals surface area contributed by atoms with Gasteiger partial charge in [0.1, 0.15) is 23.7 Å². The van der Waals surface area contributed by atoms with E-state index in [4.69, 9.17) is 10.5 Å². The molecule has 0 unspecified atom stereocenters. The molecule has 0 fully saturated rings. The van der Waals surface area contributed by atoms with Crippen molar-refractivity contribution in [3.8, 4) is 5.75 Å². The zero-order chi connectivity index (χ0) is 13.8. The number of nitrogen functional groups attached to an aromatic ring is 1. The molecule has 0 aliphatic carbocycles. The summed E-state index contributed by atoms with van der Waals surface area (Å²) in [5, 5.41) is 3.27. The van der Waals surface area contributed by atoms with E-state index in [1.807, 2.05) is 32.0 Å². The Balaban J connectivity index is 2.41. The number of hydrogen-bond donors (Lipinski definition) is 2. The number of rotatable bonds is 4. The van der Waals surface area contributed by atoms with Gasteiger partial charge in [0, 0.05) is 5.56 Å². The van der Waals surface area contributed by atoms with E-state index in [2.05, 4.69) is 15.3 Å². The fourth-order valence-electron chi connectivity index (χ4n) is 1.93. The SMILES string of the molecule is CCc1c(N)ncnc1Nc1cc(C)ccc1OC. The highest BCUT2D eigenvalue weighted by Crippen LogP contribution is 2.30. The van der Waals surface area contributed by atoms with Crippen LogP contribution in [0.25, 0.3) is 0 Å². The van der Waals surface area contributed by atoms with Gasteiger partial charge in [-0.15, -0.1) is 0 Å². The maximum atomic E-state index is 5.86. The number of nitrogens with one attached hydrogen (secondary N) is 1. The van der Waals surface area contributed by atoms with Crippen LogP contribution in [0.1, 0.15) is 18.1 Å². The molecular formula is C14H18N4O. The Labute approximate surface area is 112 Å². The zero-order valence-electron chi connectivity index (χ0n) is 11.4. The molecular weight excluding hydrogens is 240 g/mol. The van der Waals surface area contributed by atoms with E-state index in [1.165, 1.54) is 6.33 Å². The van der Waals surface area contributed by atoms with E-state index in [0.29, 0.717) is 5.82 Å². The predicted molar refractivity (Wildman–Crippen MR) is 76.8 cm³/mol. The molecule has 19 heavy (non-hydrogen) atoms. The zero-order valence-corrected chi connectivity index (χ0v) is 11.4. The molecule has 0 bridgehead atoms. The fraction of sp³-hybridized carbons (Fsp3) is 0.286. The molecule has 2 rings (SSSR count). The number of methoxy groups -OCH3 is 1. The Morgan fingerprint density at radius 2 is 2.11 bits per heavy atom. The fourth-order valence-corrected chi connectivity index (χ4v) is 1.93. The second kappa shape index (κ2) is 5.56. The average Bonchev–Trinajstić information content (AvgIpc) is 2.39. The summed E-state index contributed by atoms with van der Waals surface area (Å²) >= 11 is 0. The lowest BCUT2D eigenvalue weighted by molar-refractivity contribution is 0.416. The molecule has 2 aromatic rings. The summed E-state index contributed by atoms with van der Waals surface area (Å²) in [5.41, 5.74) is 8.78. The summed E-state index contributed by atoms with van der Waals surface area (Å²) in [6.45, 7) is 4.05. The summed E-state index contributed by atoms with van der Waals surface area (Å²) in [6, 6.07) is 5.93. The van der Waals surface area contributed by atoms with Crippen molar-refractivity contribution >= 4 is 17.3 Å². The minimum Gasteiger partial charge on any atom is -0.495 e. The van der Waals surface area contributed by atoms with E-state index in [0.717, 1.165) is 34.8 Å². The monoisotopic (exact) mass is 258 g/mol. The van der Waals surface area contributed by atoms with Gasteiger partial charge in [-0.2, -0.15) is 0 Å². The van der Waals surface area contributed by atoms with Gasteiger partial charge in [-0.05, 0) is 31.0 Å². The van der Waals surface area contributed by atoms with Gasteiger partial charge in [-0.25, -0.2) is 9.97 Å². The first-order valence-electron chi connectivity index (χ1n) is 6.16. The highest BCUT2D eigenvalue weighted by molar-refractivity contribution is 5.69. The summed E-state index contributed by atoms with van der Waals surface area (Å²) in [4.78, 5) is 8.26. The number of ether oxygens (including phenoxy) is 1. The number of aromatic nitrogens is 2. The molecule has 1 aromatic heterocycles. The van der Waals surface area contributed by atoms with Gasteiger partial charge in [0.15, 0.2) is 0 Å². The van der Waals surface area contributed by atoms with Crippen molar-refractivity contribution in [2.24, 2.45) is 0 Å². The van der Waals surface area contributed by atoms with Crippen LogP contribution in [-0.2, 0) is 6.42 Å². The smallest absolute Gasteiger partial charge is 0.142 e. The summed E-state index contributed by atoms with van der Waals surface area (Å²) in [7, 11) is 1.64. The average molecular weight is 258 g/mol. The highest BCUT2D eigenvalue weighted by Gasteiger charge is 2.10. The minimum atomic E-state index is 0.506. The summed E-state index contributed by atoms with van der Waals surface area (Å²) in [5.74, 6) is 2.00. The van der Waals surface area contributed by atoms with Crippen molar-refractivity contribution < 1.29 is 4.74 Å². The molecule has 100 valence electrons. The van der Waals surface area contributed by atoms with E-state index < -0.39 is 0 Å². The Morgan fingerprint density at radius 1 is 1.32 bits per heavy atom. The van der Waals surface area contributed by atoms with Crippen LogP contribution < -0.4 is 15.8 Å². The van der Waals surface area contributed by atoms with E-state index in [9.17, 15) is 0 Å². The van der Waals surface area contributed by atoms with Gasteiger partial charge in [0.05, 0.1) is 12.8 Å². The first-order chi connectivity index (χ1) is 9.15. The van der Waals surface area contributed by atoms with Crippen LogP contribution in [-0.4, -0.2) is 17.1 Å². The topological polar surface area (TPSA) is 73.1 Å². The summed E-state index contributed by atoms with van der Waals surface area (Å²) in [6.07, 6.45) is 2.22. The number of aryl methyl sites for hydroxylation is 1. The second-order valence-corrected chi connectivity index (χ2v) is 4.27. The Bertz CT molecular complexity index is 584. The van der Waals surface area contributed by atoms with Crippen molar-refractivity contribution in [2.45, 2.75) is 20.3 Å². The standard InChI is InChI=1S/C14H18N4O/c1-4-10-13(15)16-8-17-14(10)18-11-7-9(2)5-6-12(11)19-3/h5-8H,4H2,1-3H3,(H3,15,16,17,18). The van der Waals surface area contributed by atoms with Crippen molar-refractivity contribution in [3.63, 3.8) is 0 Å². The molecule has 0 amide bonds. The van der Waals surface area contributed by atoms with Crippen LogP contribution in [0.15, 0.2) is 24.5 Å². The number of benzene rings is 1. The third kappa shape index (κ3) is 2.76. The molecule has 0 radical (unpaired) electrons. The van der Waals surface area contributed by atoms with E-state index >= 15 is 0 Å². The third-order valence-corrected chi connectivity index (χ3v) is 2.94. The number of anilines is 3. The lowest BCUT2D eigenvalue weighted by Gasteiger charge is -2.14. The van der Waals surface area contributed by atoms with Crippen LogP contribution in [0.5, 0.6) is 5.75 Å². The minimum absolute atomic E-state index is 0.506. The molecule has 5 heteroatoms. The second-order valence-electron chi connectivity index (χ2n) is 4.27. The van der Waals surface area contributed by atoms with Gasteiger partial charge >= 0.3 is 0 Å². The van der Waals surface area contributed by atoms with Crippen LogP contribution in [0.3, 0.4) is 0 Å². The Morgan fingerprint density at radius 3 is 2.79 bits per heavy atom. The van der Waals surface area contributed by atoms with Crippen LogP contribution >= 0.6 is 0 Å². The molecule has 0 spiro atoms. The van der Waals surface area contributed by atoms with Crippen molar-refractivity contribution in [3.05, 3.63) is 35.7 Å². The maximum absolute atomic E-state index is 5.86. The maximum Gasteiger partial charge on any atom is 0.142 e. The molecule has 0 aliphatic heterocycles. The molecule has 1 aromatic carbocycles. The van der Waals surface area contributed by atoms with E-state index in [-0.39, 0.29) is 0 Å². The normalized spacial score (nSPS) is 10.3. The third-order valence-electron chi connectivity index (χ3n) is 2.94. The van der Waals surface area contributed by atoms with Gasteiger partial charge in [-0.3, -0.25) is 0 Å². The summed E-state index contributed by atoms with van der Waals surface area (Å²) < 4.78 is 5.34. The molecule has 0 aliphatic rings. The van der Waals surface area contributed by atoms with E-state index in [1.54, 1.807) is 7.11 Å². The first kappa shape index (κ1) is 13.1.